The number of rotatable bonds is 10. The van der Waals surface area contributed by atoms with E-state index in [0.717, 1.165) is 194 Å². The Kier molecular flexibility index (Phi) is 22.8. The van der Waals surface area contributed by atoms with E-state index in [1.54, 1.807) is 114 Å². The molecule has 0 atom stereocenters. The van der Waals surface area contributed by atoms with Crippen LogP contribution in [0.4, 0.5) is 32.2 Å². The van der Waals surface area contributed by atoms with Crippen molar-refractivity contribution in [3.05, 3.63) is 419 Å². The second-order valence-electron chi connectivity index (χ2n) is 35.0. The number of benzene rings is 11. The van der Waals surface area contributed by atoms with E-state index in [0.29, 0.717) is 62.3 Å². The van der Waals surface area contributed by atoms with Crippen molar-refractivity contribution in [3.8, 4) is 67.3 Å². The lowest BCUT2D eigenvalue weighted by Crippen LogP contribution is -2.43. The molecule has 0 amide bonds. The van der Waals surface area contributed by atoms with E-state index in [-0.39, 0.29) is 34.0 Å². The summed E-state index contributed by atoms with van der Waals surface area (Å²) in [4.78, 5) is 93.2. The Labute approximate surface area is 784 Å². The largest absolute Gasteiger partial charge is 0.419 e. The first kappa shape index (κ1) is 87.7. The Hall–Kier alpha value is -16.9. The van der Waals surface area contributed by atoms with Crippen LogP contribution in [0.15, 0.2) is 339 Å². The topological polar surface area (TPSA) is 223 Å². The monoisotopic (exact) mass is 1830 g/mol. The van der Waals surface area contributed by atoms with Crippen LogP contribution in [0.1, 0.15) is 57.0 Å². The number of nitrogens with two attached hydrogens (primary N) is 1. The standard InChI is InChI=1S/C34H31N5O.C28H20FN3O.C27H18FN3O.C24H14F4N4O/c1-23-17-29(10-7-27(23)22-38-15-13-37(2)14-16-38)39-33(40)12-9-26-20-36-32-11-8-24(19-30(32)34(26)39)28-18-25-5-3-4-6-31(25)35-21-28;1-16-11-22(7-8-25(16)29)32-27(33)10-6-21-15-31-26-9-5-19(13-24(26)28(21)32)18-3-4-20-14-30-17(2)23(20)12-18;1-16-10-22(6-7-24(16)28)31-26(32)9-5-20-15-30-25-8-4-18(12-23(25)27(20)31)17-2-3-19-13-29-14-21(19)11-17;25-19-5-4-16(10-18(19)24(26,27)28)32-22(33)8-3-15-12-30-20-6-1-13(9-17(20)23(15)32)14-2-7-21(29)31-11-14/h3-12,17-21H,13-16,22H2,1-2H3;3-13,15H,14H2,1-2H3;2-12,14-15H,13H2,1H3;1-12H,(H2,29,31). The van der Waals surface area contributed by atoms with Crippen LogP contribution in [-0.2, 0) is 25.8 Å². The first-order valence-corrected chi connectivity index (χ1v) is 44.9. The minimum absolute atomic E-state index is 0.0519. The molecule has 0 unspecified atom stereocenters. The number of aromatic nitrogens is 10. The zero-order chi connectivity index (χ0) is 95.1. The molecule has 0 aliphatic carbocycles. The number of piperazine rings is 1. The van der Waals surface area contributed by atoms with Gasteiger partial charge in [-0.2, -0.15) is 13.2 Å². The number of aliphatic imine (C=N–C) groups is 2. The van der Waals surface area contributed by atoms with Crippen LogP contribution in [0.2, 0.25) is 0 Å². The van der Waals surface area contributed by atoms with Gasteiger partial charge < -0.3 is 10.6 Å². The summed E-state index contributed by atoms with van der Waals surface area (Å²) in [7, 11) is 2.18. The summed E-state index contributed by atoms with van der Waals surface area (Å²) in [6.45, 7) is 14.3. The van der Waals surface area contributed by atoms with Gasteiger partial charge in [0.25, 0.3) is 22.2 Å². The van der Waals surface area contributed by atoms with Gasteiger partial charge >= 0.3 is 6.18 Å². The van der Waals surface area contributed by atoms with Gasteiger partial charge in [-0.25, -0.2) is 18.2 Å². The lowest BCUT2D eigenvalue weighted by molar-refractivity contribution is -0.140. The van der Waals surface area contributed by atoms with Crippen LogP contribution in [-0.4, -0.2) is 103 Å². The smallest absolute Gasteiger partial charge is 0.384 e. The van der Waals surface area contributed by atoms with Crippen molar-refractivity contribution in [2.45, 2.75) is 53.5 Å². The third-order valence-corrected chi connectivity index (χ3v) is 26.1. The number of nitrogens with zero attached hydrogens (tertiary/aromatic N) is 14. The molecule has 1 saturated heterocycles. The second kappa shape index (κ2) is 35.8. The molecule has 138 heavy (non-hydrogen) atoms. The number of fused-ring (bicyclic) bond motifs is 15. The first-order chi connectivity index (χ1) is 66.8. The Morgan fingerprint density at radius 1 is 0.348 bits per heavy atom. The summed E-state index contributed by atoms with van der Waals surface area (Å²) in [5.74, 6) is -1.64. The number of anilines is 1. The molecule has 1 fully saturated rings. The van der Waals surface area contributed by atoms with Gasteiger partial charge in [0, 0.05) is 188 Å². The lowest BCUT2D eigenvalue weighted by atomic mass is 9.97. The normalized spacial score (nSPS) is 13.1. The second-order valence-corrected chi connectivity index (χ2v) is 35.0. The molecule has 0 spiro atoms. The van der Waals surface area contributed by atoms with E-state index in [4.69, 9.17) is 10.7 Å². The van der Waals surface area contributed by atoms with Crippen LogP contribution in [0, 0.1) is 38.2 Å². The van der Waals surface area contributed by atoms with Crippen molar-refractivity contribution in [1.82, 2.24) is 58.0 Å². The first-order valence-electron chi connectivity index (χ1n) is 44.9. The number of para-hydroxylation sites is 1. The summed E-state index contributed by atoms with van der Waals surface area (Å²) >= 11 is 0. The maximum Gasteiger partial charge on any atom is 0.419 e. The summed E-state index contributed by atoms with van der Waals surface area (Å²) in [5.41, 5.74) is 29.2. The van der Waals surface area contributed by atoms with Gasteiger partial charge in [0.1, 0.15) is 23.3 Å². The van der Waals surface area contributed by atoms with Gasteiger partial charge in [-0.1, -0.05) is 72.8 Å². The molecule has 3 aliphatic heterocycles. The van der Waals surface area contributed by atoms with Crippen molar-refractivity contribution in [3.63, 3.8) is 0 Å². The third kappa shape index (κ3) is 16.8. The maximum atomic E-state index is 13.9. The van der Waals surface area contributed by atoms with Crippen molar-refractivity contribution in [2.24, 2.45) is 9.98 Å². The maximum absolute atomic E-state index is 13.9. The van der Waals surface area contributed by atoms with Gasteiger partial charge in [-0.3, -0.25) is 77.3 Å². The van der Waals surface area contributed by atoms with Gasteiger partial charge in [0.05, 0.1) is 74.0 Å². The Bertz CT molecular complexity index is 8950. The molecule has 13 heterocycles. The van der Waals surface area contributed by atoms with Gasteiger partial charge in [-0.15, -0.1) is 0 Å². The number of alkyl halides is 3. The SMILES string of the molecule is CC1=NCc2ccc(-c3ccc4ncc5ccc(=O)n(-c6ccc(F)c(C)c6)c5c4c3)cc21.Cc1cc(-n2c(=O)ccc3cnc4ccc(-c5ccc6c(c5)C=NC6)cc4c32)ccc1F.Cc1cc(-n2c(=O)ccc3cnc4ccc(-c5cnc6ccccc6c5)cc4c32)ccc1CN1CCN(C)CC1.Nc1ccc(-c2ccc3ncc4ccc(=O)n(-c5ccc(F)c(C(F)(F)F)c5)c4c3c2)cn1. The van der Waals surface area contributed by atoms with Crippen molar-refractivity contribution in [2.75, 3.05) is 39.0 Å². The molecule has 0 radical (unpaired) electrons. The number of pyridine rings is 10. The Balaban J connectivity index is 0.000000110. The van der Waals surface area contributed by atoms with Crippen molar-refractivity contribution < 1.29 is 26.3 Å². The van der Waals surface area contributed by atoms with Crippen LogP contribution in [0.25, 0.3) is 165 Å². The van der Waals surface area contributed by atoms with Crippen molar-refractivity contribution in [1.29, 1.82) is 0 Å². The molecule has 19 nitrogen and oxygen atoms in total. The molecule has 3 aliphatic rings. The van der Waals surface area contributed by atoms with E-state index >= 15 is 0 Å². The molecule has 25 heteroatoms. The minimum Gasteiger partial charge on any atom is -0.384 e. The number of nitrogen functional groups attached to an aromatic ring is 1. The Morgan fingerprint density at radius 2 is 0.761 bits per heavy atom. The van der Waals surface area contributed by atoms with Crippen LogP contribution in [0.3, 0.4) is 0 Å². The van der Waals surface area contributed by atoms with Gasteiger partial charge in [0.2, 0.25) is 0 Å². The zero-order valence-electron chi connectivity index (χ0n) is 75.2. The minimum atomic E-state index is -4.91. The predicted molar refractivity (Wildman–Crippen MR) is 538 cm³/mol. The van der Waals surface area contributed by atoms with Gasteiger partial charge in [-0.05, 0) is 283 Å². The molecule has 21 aromatic rings. The van der Waals surface area contributed by atoms with E-state index < -0.39 is 23.1 Å². The average molecular weight is 1830 g/mol. The third-order valence-electron chi connectivity index (χ3n) is 26.1. The molecular formula is C113H83F6N15O4. The zero-order valence-corrected chi connectivity index (χ0v) is 75.2. The highest BCUT2D eigenvalue weighted by Crippen LogP contribution is 2.40. The molecule has 0 bridgehead atoms. The molecule has 676 valence electrons. The quantitative estimate of drug-likeness (QED) is 0.0995. The highest BCUT2D eigenvalue weighted by Gasteiger charge is 2.35. The summed E-state index contributed by atoms with van der Waals surface area (Å²) < 4.78 is 88.0. The highest BCUT2D eigenvalue weighted by molar-refractivity contribution is 6.10. The van der Waals surface area contributed by atoms with Crippen molar-refractivity contribution >= 4 is 116 Å². The fourth-order valence-corrected chi connectivity index (χ4v) is 18.6. The fraction of sp³-hybridized carbons (Fsp3) is 0.115. The predicted octanol–water partition coefficient (Wildman–Crippen LogP) is 22.7. The number of hydrogen-bond acceptors (Lipinski definition) is 15. The molecule has 0 saturated carbocycles. The van der Waals surface area contributed by atoms with Gasteiger partial charge in [0.15, 0.2) is 0 Å². The molecular weight excluding hydrogens is 1750 g/mol. The summed E-state index contributed by atoms with van der Waals surface area (Å²) in [6.07, 6.45) is 7.45. The van der Waals surface area contributed by atoms with Crippen LogP contribution in [0.5, 0.6) is 0 Å². The lowest BCUT2D eigenvalue weighted by Gasteiger charge is -2.32. The fourth-order valence-electron chi connectivity index (χ4n) is 18.6. The number of aryl methyl sites for hydroxylation is 3. The molecule has 2 N–H and O–H groups in total. The van der Waals surface area contributed by atoms with E-state index in [2.05, 4.69) is 156 Å². The molecule has 11 aromatic carbocycles. The van der Waals surface area contributed by atoms with E-state index in [1.807, 2.05) is 84.7 Å². The van der Waals surface area contributed by atoms with E-state index in [1.165, 1.54) is 64.3 Å². The summed E-state index contributed by atoms with van der Waals surface area (Å²) in [5, 5.41) is 7.48. The van der Waals surface area contributed by atoms with Crippen LogP contribution >= 0.6 is 0 Å². The summed E-state index contributed by atoms with van der Waals surface area (Å²) in [6, 6.07) is 81.6. The number of halogens is 6. The number of hydrogen-bond donors (Lipinski definition) is 1. The molecule has 24 rings (SSSR count). The van der Waals surface area contributed by atoms with E-state index in [9.17, 15) is 45.5 Å². The Morgan fingerprint density at radius 3 is 1.24 bits per heavy atom. The highest BCUT2D eigenvalue weighted by atomic mass is 19.4. The van der Waals surface area contributed by atoms with Crippen LogP contribution < -0.4 is 28.0 Å². The average Bonchev–Trinajstić information content (AvgIpc) is 1.78. The number of likely N-dealkylation sites (N-methyl/N-ethyl adjacent to an activating group) is 1. The molecule has 10 aromatic heterocycles.